The molecule has 5 saturated carbocycles. The van der Waals surface area contributed by atoms with Gasteiger partial charge in [0.05, 0.1) is 17.9 Å². The van der Waals surface area contributed by atoms with Gasteiger partial charge in [-0.25, -0.2) is 0 Å². The van der Waals surface area contributed by atoms with Gasteiger partial charge in [-0.05, 0) is 129 Å². The van der Waals surface area contributed by atoms with E-state index in [1.54, 1.807) is 20.8 Å². The van der Waals surface area contributed by atoms with Crippen molar-refractivity contribution in [3.05, 3.63) is 11.1 Å². The second kappa shape index (κ2) is 12.7. The van der Waals surface area contributed by atoms with Crippen LogP contribution in [-0.2, 0) is 23.9 Å². The van der Waals surface area contributed by atoms with Gasteiger partial charge in [0, 0.05) is 37.3 Å². The van der Waals surface area contributed by atoms with Crippen LogP contribution in [0.2, 0.25) is 0 Å². The van der Waals surface area contributed by atoms with E-state index >= 15 is 0 Å². The fourth-order valence-electron chi connectivity index (χ4n) is 13.2. The lowest BCUT2D eigenvalue weighted by atomic mass is 9.33. The molecule has 8 heteroatoms. The molecule has 6 rings (SSSR count). The Labute approximate surface area is 306 Å². The SMILES string of the molecule is CC(=O)N(CC1CC1)C[C@H](O)C12CC[C@]3(C)[C@H](CC[C@@H]4[C@@]5(C)CC[C@H](OC(=O)CC(C)(C)C(=O)O)C(C)(C)[C@@H]5CC[C@]43C)C1=C(C(C)C)C(=O)C2. The molecule has 8 nitrogen and oxygen atoms in total. The Balaban J connectivity index is 1.29. The summed E-state index contributed by atoms with van der Waals surface area (Å²) in [5, 5.41) is 21.9. The first kappa shape index (κ1) is 38.5. The summed E-state index contributed by atoms with van der Waals surface area (Å²) >= 11 is 0. The van der Waals surface area contributed by atoms with Crippen molar-refractivity contribution in [2.24, 2.45) is 62.1 Å². The van der Waals surface area contributed by atoms with Crippen LogP contribution in [0.15, 0.2) is 11.1 Å². The molecule has 0 spiro atoms. The number of aliphatic hydroxyl groups is 1. The second-order valence-electron chi connectivity index (χ2n) is 20.4. The Kier molecular flexibility index (Phi) is 9.58. The van der Waals surface area contributed by atoms with Crippen molar-refractivity contribution in [1.82, 2.24) is 4.90 Å². The predicted octanol–water partition coefficient (Wildman–Crippen LogP) is 8.00. The maximum Gasteiger partial charge on any atom is 0.309 e. The van der Waals surface area contributed by atoms with Crippen LogP contribution >= 0.6 is 0 Å². The normalized spacial score (nSPS) is 39.4. The summed E-state index contributed by atoms with van der Waals surface area (Å²) in [5.41, 5.74) is 0.198. The molecule has 6 aliphatic carbocycles. The Hall–Kier alpha value is -2.22. The van der Waals surface area contributed by atoms with Crippen molar-refractivity contribution < 1.29 is 34.1 Å². The number of hydrogen-bond acceptors (Lipinski definition) is 6. The number of carbonyl (C=O) groups excluding carboxylic acids is 3. The zero-order valence-electron chi connectivity index (χ0n) is 33.3. The fourth-order valence-corrected chi connectivity index (χ4v) is 13.2. The van der Waals surface area contributed by atoms with E-state index in [1.807, 2.05) is 4.90 Å². The number of ether oxygens (including phenoxy) is 1. The summed E-state index contributed by atoms with van der Waals surface area (Å²) in [6.07, 6.45) is 9.09. The highest BCUT2D eigenvalue weighted by Gasteiger charge is 2.71. The molecule has 0 heterocycles. The van der Waals surface area contributed by atoms with Gasteiger partial charge in [0.1, 0.15) is 6.10 Å². The molecule has 286 valence electrons. The van der Waals surface area contributed by atoms with Crippen LogP contribution in [0.3, 0.4) is 0 Å². The van der Waals surface area contributed by atoms with Gasteiger partial charge >= 0.3 is 11.9 Å². The third kappa shape index (κ3) is 5.95. The van der Waals surface area contributed by atoms with Gasteiger partial charge in [0.15, 0.2) is 5.78 Å². The Bertz CT molecular complexity index is 1490. The molecule has 1 unspecified atom stereocenters. The highest BCUT2D eigenvalue weighted by Crippen LogP contribution is 2.77. The average molecular weight is 710 g/mol. The number of rotatable bonds is 10. The molecule has 0 bridgehead atoms. The quantitative estimate of drug-likeness (QED) is 0.221. The third-order valence-corrected chi connectivity index (χ3v) is 16.5. The molecule has 1 amide bonds. The molecule has 51 heavy (non-hydrogen) atoms. The summed E-state index contributed by atoms with van der Waals surface area (Å²) < 4.78 is 6.16. The Morgan fingerprint density at radius 1 is 0.902 bits per heavy atom. The van der Waals surface area contributed by atoms with Gasteiger partial charge < -0.3 is 19.8 Å². The summed E-state index contributed by atoms with van der Waals surface area (Å²) in [5.74, 6) is 0.430. The van der Waals surface area contributed by atoms with Crippen LogP contribution < -0.4 is 0 Å². The van der Waals surface area contributed by atoms with Gasteiger partial charge in [0.2, 0.25) is 5.91 Å². The average Bonchev–Trinajstić information content (AvgIpc) is 3.77. The number of amides is 1. The van der Waals surface area contributed by atoms with Crippen molar-refractivity contribution in [1.29, 1.82) is 0 Å². The molecule has 0 saturated heterocycles. The van der Waals surface area contributed by atoms with E-state index in [0.29, 0.717) is 37.3 Å². The molecule has 5 fully saturated rings. The van der Waals surface area contributed by atoms with Gasteiger partial charge in [-0.2, -0.15) is 0 Å². The van der Waals surface area contributed by atoms with E-state index in [2.05, 4.69) is 48.5 Å². The zero-order chi connectivity index (χ0) is 37.7. The van der Waals surface area contributed by atoms with E-state index in [4.69, 9.17) is 4.74 Å². The number of nitrogens with zero attached hydrogens (tertiary/aromatic N) is 1. The minimum Gasteiger partial charge on any atom is -0.481 e. The zero-order valence-corrected chi connectivity index (χ0v) is 33.3. The number of fused-ring (bicyclic) bond motifs is 7. The first-order valence-corrected chi connectivity index (χ1v) is 20.2. The van der Waals surface area contributed by atoms with Gasteiger partial charge in [0.25, 0.3) is 0 Å². The number of carboxylic acids is 1. The Morgan fingerprint density at radius 2 is 1.57 bits per heavy atom. The fraction of sp³-hybridized carbons (Fsp3) is 0.860. The van der Waals surface area contributed by atoms with Gasteiger partial charge in [-0.15, -0.1) is 0 Å². The topological polar surface area (TPSA) is 121 Å². The van der Waals surface area contributed by atoms with Gasteiger partial charge in [-0.1, -0.05) is 54.0 Å². The number of aliphatic hydroxyl groups excluding tert-OH is 1. The minimum atomic E-state index is -1.17. The summed E-state index contributed by atoms with van der Waals surface area (Å²) in [6, 6.07) is 0. The van der Waals surface area contributed by atoms with Crippen LogP contribution in [0, 0.1) is 62.1 Å². The number of Topliss-reactive ketones (excluding diaryl/α,β-unsaturated/α-hetero) is 1. The molecule has 0 aromatic rings. The van der Waals surface area contributed by atoms with Crippen LogP contribution in [-0.4, -0.2) is 64.0 Å². The van der Waals surface area contributed by atoms with Crippen LogP contribution in [0.5, 0.6) is 0 Å². The molecule has 0 aromatic carbocycles. The monoisotopic (exact) mass is 709 g/mol. The van der Waals surface area contributed by atoms with E-state index in [-0.39, 0.29) is 57.7 Å². The van der Waals surface area contributed by atoms with E-state index in [1.165, 1.54) is 5.57 Å². The maximum atomic E-state index is 14.1. The highest BCUT2D eigenvalue weighted by atomic mass is 16.5. The second-order valence-corrected chi connectivity index (χ2v) is 20.4. The first-order chi connectivity index (χ1) is 23.5. The van der Waals surface area contributed by atoms with Crippen LogP contribution in [0.1, 0.15) is 146 Å². The number of carboxylic acid groups (broad SMARTS) is 1. The number of ketones is 1. The molecule has 0 aromatic heterocycles. The summed E-state index contributed by atoms with van der Waals surface area (Å²) in [4.78, 5) is 53.5. The highest BCUT2D eigenvalue weighted by molar-refractivity contribution is 6.00. The maximum absolute atomic E-state index is 14.1. The minimum absolute atomic E-state index is 0.00599. The molecule has 2 N–H and O–H groups in total. The van der Waals surface area contributed by atoms with E-state index in [0.717, 1.165) is 69.8 Å². The van der Waals surface area contributed by atoms with Crippen molar-refractivity contribution in [2.75, 3.05) is 13.1 Å². The lowest BCUT2D eigenvalue weighted by Gasteiger charge is -2.72. The van der Waals surface area contributed by atoms with E-state index in [9.17, 15) is 29.4 Å². The molecule has 9 atom stereocenters. The lowest BCUT2D eigenvalue weighted by molar-refractivity contribution is -0.235. The smallest absolute Gasteiger partial charge is 0.309 e. The molecule has 0 radical (unpaired) electrons. The lowest BCUT2D eigenvalue weighted by Crippen LogP contribution is -2.66. The van der Waals surface area contributed by atoms with Crippen LogP contribution in [0.25, 0.3) is 0 Å². The molecule has 0 aliphatic heterocycles. The molecular weight excluding hydrogens is 642 g/mol. The van der Waals surface area contributed by atoms with Gasteiger partial charge in [-0.3, -0.25) is 19.2 Å². The number of allylic oxidation sites excluding steroid dienone is 1. The van der Waals surface area contributed by atoms with Crippen molar-refractivity contribution >= 4 is 23.6 Å². The van der Waals surface area contributed by atoms with Crippen LogP contribution in [0.4, 0.5) is 0 Å². The van der Waals surface area contributed by atoms with E-state index < -0.39 is 28.9 Å². The number of esters is 1. The Morgan fingerprint density at radius 3 is 2.16 bits per heavy atom. The standard InChI is InChI=1S/C43H67NO7/c1-25(2)35-29(46)21-43(32(47)24-44(26(3)45)23-27-11-12-27)20-19-41(9)28(36(35)43)13-14-31-40(8)17-16-33(51-34(48)22-38(4,5)37(49)50)39(6,7)30(40)15-18-42(31,41)10/h25,27-28,30-33,47H,11-24H2,1-10H3,(H,49,50)/t28-,30+,31-,32+,33+,40+,41-,42-,43?/m1/s1. The number of aliphatic carboxylic acids is 1. The van der Waals surface area contributed by atoms with Crippen molar-refractivity contribution in [3.8, 4) is 0 Å². The third-order valence-electron chi connectivity index (χ3n) is 16.5. The van der Waals surface area contributed by atoms with Crippen molar-refractivity contribution in [3.63, 3.8) is 0 Å². The summed E-state index contributed by atoms with van der Waals surface area (Å²) in [7, 11) is 0. The largest absolute Gasteiger partial charge is 0.481 e. The summed E-state index contributed by atoms with van der Waals surface area (Å²) in [6.45, 7) is 22.1. The predicted molar refractivity (Wildman–Crippen MR) is 196 cm³/mol. The first-order valence-electron chi connectivity index (χ1n) is 20.2. The van der Waals surface area contributed by atoms with Crippen molar-refractivity contribution in [2.45, 2.75) is 158 Å². The number of carbonyl (C=O) groups is 4. The molecular formula is C43H67NO7. The molecule has 6 aliphatic rings. The number of hydrogen-bond donors (Lipinski definition) is 2.